The van der Waals surface area contributed by atoms with Gasteiger partial charge in [-0.3, -0.25) is 14.9 Å². The molecule has 0 fully saturated rings. The Morgan fingerprint density at radius 2 is 2.00 bits per heavy atom. The second kappa shape index (κ2) is 5.90. The van der Waals surface area contributed by atoms with Crippen molar-refractivity contribution in [1.29, 1.82) is 0 Å². The summed E-state index contributed by atoms with van der Waals surface area (Å²) < 4.78 is 24.1. The average Bonchev–Trinajstić information content (AvgIpc) is 2.57. The fraction of sp³-hybridized carbons (Fsp3) is 0.118. The molecule has 2 aromatic carbocycles. The van der Waals surface area contributed by atoms with E-state index in [1.54, 1.807) is 6.92 Å². The number of nitro benzene ring substituents is 1. The molecule has 1 N–H and O–H groups in total. The lowest BCUT2D eigenvalue weighted by Gasteiger charge is -2.08. The summed E-state index contributed by atoms with van der Waals surface area (Å²) in [4.78, 5) is 23.0. The standard InChI is InChI=1S/C17H12FNO6/c1-8-5-10-14(20)15(21)16(25-17(10)12(6-8)19(22)23)9-3-4-13(24-2)11(18)7-9/h3-7,21H,1-2H3. The van der Waals surface area contributed by atoms with Crippen LogP contribution in [0.1, 0.15) is 5.56 Å². The average molecular weight is 345 g/mol. The van der Waals surface area contributed by atoms with Crippen LogP contribution in [0.5, 0.6) is 11.5 Å². The van der Waals surface area contributed by atoms with E-state index < -0.39 is 27.6 Å². The molecule has 1 heterocycles. The van der Waals surface area contributed by atoms with E-state index in [0.29, 0.717) is 5.56 Å². The molecule has 0 aliphatic rings. The molecular weight excluding hydrogens is 333 g/mol. The third-order valence-corrected chi connectivity index (χ3v) is 3.70. The highest BCUT2D eigenvalue weighted by Crippen LogP contribution is 2.35. The third-order valence-electron chi connectivity index (χ3n) is 3.70. The van der Waals surface area contributed by atoms with Crippen molar-refractivity contribution in [2.75, 3.05) is 7.11 Å². The number of nitro groups is 1. The van der Waals surface area contributed by atoms with E-state index in [4.69, 9.17) is 9.15 Å². The largest absolute Gasteiger partial charge is 0.502 e. The van der Waals surface area contributed by atoms with Crippen LogP contribution in [0.25, 0.3) is 22.3 Å². The highest BCUT2D eigenvalue weighted by molar-refractivity contribution is 5.89. The second-order valence-electron chi connectivity index (χ2n) is 5.38. The molecule has 0 radical (unpaired) electrons. The number of halogens is 1. The molecule has 0 aliphatic heterocycles. The lowest BCUT2D eigenvalue weighted by atomic mass is 10.1. The van der Waals surface area contributed by atoms with Gasteiger partial charge in [-0.15, -0.1) is 0 Å². The Hall–Kier alpha value is -3.42. The van der Waals surface area contributed by atoms with Crippen molar-refractivity contribution in [3.8, 4) is 22.8 Å². The molecule has 0 amide bonds. The monoisotopic (exact) mass is 345 g/mol. The van der Waals surface area contributed by atoms with Crippen LogP contribution in [0.15, 0.2) is 39.5 Å². The number of hydrogen-bond donors (Lipinski definition) is 1. The zero-order chi connectivity index (χ0) is 18.3. The van der Waals surface area contributed by atoms with Gasteiger partial charge in [-0.2, -0.15) is 0 Å². The van der Waals surface area contributed by atoms with E-state index in [-0.39, 0.29) is 28.0 Å². The molecule has 0 saturated heterocycles. The van der Waals surface area contributed by atoms with Crippen LogP contribution in [0.2, 0.25) is 0 Å². The van der Waals surface area contributed by atoms with E-state index in [2.05, 4.69) is 0 Å². The van der Waals surface area contributed by atoms with Gasteiger partial charge in [-0.05, 0) is 36.8 Å². The maximum atomic E-state index is 13.9. The number of aromatic hydroxyl groups is 1. The molecule has 25 heavy (non-hydrogen) atoms. The number of nitrogens with zero attached hydrogens (tertiary/aromatic N) is 1. The molecule has 3 rings (SSSR count). The van der Waals surface area contributed by atoms with E-state index in [1.807, 2.05) is 0 Å². The summed E-state index contributed by atoms with van der Waals surface area (Å²) >= 11 is 0. The Morgan fingerprint density at radius 3 is 2.60 bits per heavy atom. The minimum Gasteiger partial charge on any atom is -0.502 e. The molecule has 128 valence electrons. The molecule has 7 nitrogen and oxygen atoms in total. The zero-order valence-electron chi connectivity index (χ0n) is 13.2. The Labute approximate surface area is 140 Å². The van der Waals surface area contributed by atoms with Gasteiger partial charge in [0.25, 0.3) is 0 Å². The van der Waals surface area contributed by atoms with Crippen LogP contribution >= 0.6 is 0 Å². The van der Waals surface area contributed by atoms with Gasteiger partial charge in [0.1, 0.15) is 0 Å². The van der Waals surface area contributed by atoms with Gasteiger partial charge in [0, 0.05) is 11.6 Å². The molecule has 8 heteroatoms. The van der Waals surface area contributed by atoms with Crippen molar-refractivity contribution in [3.63, 3.8) is 0 Å². The number of aryl methyl sites for hydroxylation is 1. The van der Waals surface area contributed by atoms with Crippen LogP contribution in [-0.4, -0.2) is 17.1 Å². The van der Waals surface area contributed by atoms with Crippen molar-refractivity contribution in [1.82, 2.24) is 0 Å². The molecular formula is C17H12FNO6. The van der Waals surface area contributed by atoms with E-state index >= 15 is 0 Å². The minimum absolute atomic E-state index is 0.0343. The fourth-order valence-corrected chi connectivity index (χ4v) is 2.55. The number of rotatable bonds is 3. The van der Waals surface area contributed by atoms with Gasteiger partial charge in [0.2, 0.25) is 16.8 Å². The van der Waals surface area contributed by atoms with Crippen molar-refractivity contribution in [2.45, 2.75) is 6.92 Å². The van der Waals surface area contributed by atoms with Crippen LogP contribution in [0, 0.1) is 22.9 Å². The number of hydrogen-bond acceptors (Lipinski definition) is 6. The summed E-state index contributed by atoms with van der Waals surface area (Å²) in [6.07, 6.45) is 0. The number of methoxy groups -OCH3 is 1. The van der Waals surface area contributed by atoms with Gasteiger partial charge in [-0.25, -0.2) is 4.39 Å². The molecule has 1 aromatic heterocycles. The van der Waals surface area contributed by atoms with Crippen molar-refractivity contribution in [2.24, 2.45) is 0 Å². The molecule has 3 aromatic rings. The van der Waals surface area contributed by atoms with E-state index in [1.165, 1.54) is 31.4 Å². The summed E-state index contributed by atoms with van der Waals surface area (Å²) in [6.45, 7) is 1.58. The predicted octanol–water partition coefficient (Wildman–Crippen LogP) is 3.53. The maximum absolute atomic E-state index is 13.9. The molecule has 0 atom stereocenters. The summed E-state index contributed by atoms with van der Waals surface area (Å²) in [6, 6.07) is 6.29. The summed E-state index contributed by atoms with van der Waals surface area (Å²) in [5.74, 6) is -1.88. The van der Waals surface area contributed by atoms with Crippen LogP contribution in [-0.2, 0) is 0 Å². The first-order valence-corrected chi connectivity index (χ1v) is 7.12. The Bertz CT molecular complexity index is 1070. The number of ether oxygens (including phenoxy) is 1. The first-order chi connectivity index (χ1) is 11.8. The van der Waals surface area contributed by atoms with E-state index in [9.17, 15) is 24.4 Å². The fourth-order valence-electron chi connectivity index (χ4n) is 2.55. The van der Waals surface area contributed by atoms with Crippen LogP contribution in [0.4, 0.5) is 10.1 Å². The Morgan fingerprint density at radius 1 is 1.28 bits per heavy atom. The summed E-state index contributed by atoms with van der Waals surface area (Å²) in [7, 11) is 1.29. The molecule has 0 unspecified atom stereocenters. The number of fused-ring (bicyclic) bond motifs is 1. The maximum Gasteiger partial charge on any atom is 0.312 e. The third kappa shape index (κ3) is 2.67. The summed E-state index contributed by atoms with van der Waals surface area (Å²) in [5, 5.41) is 21.3. The smallest absolute Gasteiger partial charge is 0.312 e. The Kier molecular flexibility index (Phi) is 3.88. The minimum atomic E-state index is -0.834. The van der Waals surface area contributed by atoms with Gasteiger partial charge in [-0.1, -0.05) is 0 Å². The SMILES string of the molecule is COc1ccc(-c2oc3c([N+](=O)[O-])cc(C)cc3c(=O)c2O)cc1F. The van der Waals surface area contributed by atoms with Gasteiger partial charge in [0.15, 0.2) is 17.3 Å². The highest BCUT2D eigenvalue weighted by Gasteiger charge is 2.23. The van der Waals surface area contributed by atoms with Crippen molar-refractivity contribution < 1.29 is 23.6 Å². The quantitative estimate of drug-likeness (QED) is 0.575. The topological polar surface area (TPSA) is 103 Å². The van der Waals surface area contributed by atoms with Gasteiger partial charge < -0.3 is 14.3 Å². The number of benzene rings is 2. The first kappa shape index (κ1) is 16.4. The van der Waals surface area contributed by atoms with Crippen molar-refractivity contribution >= 4 is 16.7 Å². The molecule has 0 bridgehead atoms. The molecule has 0 aliphatic carbocycles. The lowest BCUT2D eigenvalue weighted by molar-refractivity contribution is -0.383. The molecule has 0 spiro atoms. The predicted molar refractivity (Wildman–Crippen MR) is 87.5 cm³/mol. The van der Waals surface area contributed by atoms with Gasteiger partial charge in [0.05, 0.1) is 17.4 Å². The highest BCUT2D eigenvalue weighted by atomic mass is 19.1. The Balaban J connectivity index is 2.37. The normalized spacial score (nSPS) is 10.8. The first-order valence-electron chi connectivity index (χ1n) is 7.12. The van der Waals surface area contributed by atoms with Crippen molar-refractivity contribution in [3.05, 3.63) is 62.1 Å². The number of non-ortho nitro benzene ring substituents is 1. The second-order valence-corrected chi connectivity index (χ2v) is 5.38. The van der Waals surface area contributed by atoms with Gasteiger partial charge >= 0.3 is 5.69 Å². The van der Waals surface area contributed by atoms with Crippen LogP contribution in [0.3, 0.4) is 0 Å². The molecule has 0 saturated carbocycles. The zero-order valence-corrected chi connectivity index (χ0v) is 13.2. The van der Waals surface area contributed by atoms with E-state index in [0.717, 1.165) is 6.07 Å². The lowest BCUT2D eigenvalue weighted by Crippen LogP contribution is -2.05. The summed E-state index contributed by atoms with van der Waals surface area (Å²) in [5.41, 5.74) is -1.02. The van der Waals surface area contributed by atoms with Crippen LogP contribution < -0.4 is 10.2 Å².